The number of nitrogens with one attached hydrogen (secondary N) is 1. The van der Waals surface area contributed by atoms with E-state index in [2.05, 4.69) is 19.2 Å². The van der Waals surface area contributed by atoms with E-state index in [0.29, 0.717) is 6.42 Å². The average molecular weight is 367 g/mol. The second-order valence-corrected chi connectivity index (χ2v) is 7.33. The maximum Gasteiger partial charge on any atom is 0.224 e. The molecule has 3 rings (SSSR count). The third-order valence-electron chi connectivity index (χ3n) is 5.64. The van der Waals surface area contributed by atoms with Gasteiger partial charge in [-0.15, -0.1) is 0 Å². The monoisotopic (exact) mass is 367 g/mol. The molecule has 0 unspecified atom stereocenters. The first-order valence-electron chi connectivity index (χ1n) is 9.71. The fraction of sp³-hybridized carbons (Fsp3) is 0.435. The van der Waals surface area contributed by atoms with Gasteiger partial charge in [-0.1, -0.05) is 44.2 Å². The zero-order chi connectivity index (χ0) is 19.4. The molecule has 1 amide bonds. The van der Waals surface area contributed by atoms with Gasteiger partial charge < -0.3 is 14.8 Å². The number of fused-ring (bicyclic) bond motifs is 1. The van der Waals surface area contributed by atoms with Gasteiger partial charge >= 0.3 is 0 Å². The predicted octanol–water partition coefficient (Wildman–Crippen LogP) is 4.74. The second-order valence-electron chi connectivity index (χ2n) is 7.33. The molecule has 2 aromatic rings. The van der Waals surface area contributed by atoms with Crippen LogP contribution in [-0.4, -0.2) is 18.6 Å². The number of hydrogen-bond donors (Lipinski definition) is 1. The van der Waals surface area contributed by atoms with E-state index < -0.39 is 0 Å². The maximum absolute atomic E-state index is 12.8. The normalized spacial score (nSPS) is 17.6. The number of carbonyl (C=O) groups excluding carboxylic acids is 1. The molecule has 1 N–H and O–H groups in total. The summed E-state index contributed by atoms with van der Waals surface area (Å²) in [4.78, 5) is 12.8. The largest absolute Gasteiger partial charge is 0.496 e. The predicted molar refractivity (Wildman–Crippen MR) is 107 cm³/mol. The van der Waals surface area contributed by atoms with E-state index in [1.807, 2.05) is 49.4 Å². The molecule has 0 aliphatic carbocycles. The van der Waals surface area contributed by atoms with Crippen LogP contribution >= 0.6 is 0 Å². The Balaban J connectivity index is 1.77. The molecule has 0 bridgehead atoms. The van der Waals surface area contributed by atoms with Gasteiger partial charge in [0.05, 0.1) is 19.6 Å². The number of benzene rings is 2. The number of ether oxygens (including phenoxy) is 2. The number of rotatable bonds is 6. The molecule has 0 saturated heterocycles. The van der Waals surface area contributed by atoms with Gasteiger partial charge in [-0.05, 0) is 43.0 Å². The first kappa shape index (κ1) is 19.3. The van der Waals surface area contributed by atoms with Crippen molar-refractivity contribution in [2.24, 2.45) is 0 Å². The first-order chi connectivity index (χ1) is 13.0. The Morgan fingerprint density at radius 1 is 1.22 bits per heavy atom. The van der Waals surface area contributed by atoms with E-state index in [9.17, 15) is 4.79 Å². The summed E-state index contributed by atoms with van der Waals surface area (Å²) in [6.45, 7) is 6.29. The summed E-state index contributed by atoms with van der Waals surface area (Å²) in [5.74, 6) is 1.76. The van der Waals surface area contributed by atoms with Crippen LogP contribution in [0.4, 0.5) is 0 Å². The van der Waals surface area contributed by atoms with Gasteiger partial charge in [0, 0.05) is 12.0 Å². The quantitative estimate of drug-likeness (QED) is 0.802. The summed E-state index contributed by atoms with van der Waals surface area (Å²) >= 11 is 0. The van der Waals surface area contributed by atoms with Crippen molar-refractivity contribution < 1.29 is 14.3 Å². The van der Waals surface area contributed by atoms with Crippen molar-refractivity contribution >= 4 is 5.91 Å². The summed E-state index contributed by atoms with van der Waals surface area (Å²) < 4.78 is 11.6. The van der Waals surface area contributed by atoms with Crippen molar-refractivity contribution in [2.45, 2.75) is 58.1 Å². The third-order valence-corrected chi connectivity index (χ3v) is 5.64. The van der Waals surface area contributed by atoms with Crippen LogP contribution in [0.5, 0.6) is 11.5 Å². The van der Waals surface area contributed by atoms with E-state index in [1.165, 1.54) is 0 Å². The Morgan fingerprint density at radius 3 is 2.63 bits per heavy atom. The summed E-state index contributed by atoms with van der Waals surface area (Å²) in [5.41, 5.74) is 2.87. The minimum atomic E-state index is -0.219. The molecule has 1 heterocycles. The van der Waals surface area contributed by atoms with Crippen LogP contribution in [0.2, 0.25) is 0 Å². The summed E-state index contributed by atoms with van der Waals surface area (Å²) in [6, 6.07) is 13.9. The molecule has 1 atom stereocenters. The molecule has 27 heavy (non-hydrogen) atoms. The fourth-order valence-corrected chi connectivity index (χ4v) is 3.91. The molecule has 144 valence electrons. The molecular formula is C23H29NO3. The first-order valence-corrected chi connectivity index (χ1v) is 9.71. The number of amides is 1. The summed E-state index contributed by atoms with van der Waals surface area (Å²) in [6.07, 6.45) is 2.99. The Bertz CT molecular complexity index is 811. The number of hydrogen-bond acceptors (Lipinski definition) is 3. The number of carbonyl (C=O) groups is 1. The lowest BCUT2D eigenvalue weighted by molar-refractivity contribution is -0.121. The van der Waals surface area contributed by atoms with Crippen LogP contribution in [0.1, 0.15) is 55.8 Å². The van der Waals surface area contributed by atoms with Crippen LogP contribution in [0.15, 0.2) is 42.5 Å². The minimum Gasteiger partial charge on any atom is -0.496 e. The maximum atomic E-state index is 12.8. The lowest BCUT2D eigenvalue weighted by atomic mass is 9.83. The lowest BCUT2D eigenvalue weighted by Gasteiger charge is -2.41. The average Bonchev–Trinajstić information content (AvgIpc) is 2.68. The summed E-state index contributed by atoms with van der Waals surface area (Å²) in [5, 5.41) is 3.24. The fourth-order valence-electron chi connectivity index (χ4n) is 3.91. The van der Waals surface area contributed by atoms with Gasteiger partial charge in [0.25, 0.3) is 0 Å². The van der Waals surface area contributed by atoms with Gasteiger partial charge in [0.15, 0.2) is 0 Å². The molecular weight excluding hydrogens is 338 g/mol. The van der Waals surface area contributed by atoms with E-state index in [0.717, 1.165) is 47.5 Å². The van der Waals surface area contributed by atoms with Crippen LogP contribution in [0, 0.1) is 6.92 Å². The zero-order valence-electron chi connectivity index (χ0n) is 16.7. The highest BCUT2D eigenvalue weighted by atomic mass is 16.5. The topological polar surface area (TPSA) is 47.6 Å². The molecule has 0 radical (unpaired) electrons. The lowest BCUT2D eigenvalue weighted by Crippen LogP contribution is -2.44. The Hall–Kier alpha value is -2.49. The number of aryl methyl sites for hydroxylation is 1. The van der Waals surface area contributed by atoms with Crippen molar-refractivity contribution in [1.29, 1.82) is 0 Å². The van der Waals surface area contributed by atoms with E-state index >= 15 is 0 Å². The van der Waals surface area contributed by atoms with Gasteiger partial charge in [-0.2, -0.15) is 0 Å². The molecule has 4 heteroatoms. The molecule has 0 aromatic heterocycles. The molecule has 0 saturated carbocycles. The smallest absolute Gasteiger partial charge is 0.224 e. The number of para-hydroxylation sites is 1. The third kappa shape index (κ3) is 4.10. The van der Waals surface area contributed by atoms with Gasteiger partial charge in [-0.3, -0.25) is 4.79 Å². The zero-order valence-corrected chi connectivity index (χ0v) is 16.7. The molecule has 4 nitrogen and oxygen atoms in total. The van der Waals surface area contributed by atoms with Crippen LogP contribution in [0.3, 0.4) is 0 Å². The minimum absolute atomic E-state index is 0.0262. The SMILES string of the molecule is CCC1(CC)C[C@@H](NC(=O)Cc2ccc(OC)c(C)c2)c2ccccc2O1. The Labute approximate surface area is 161 Å². The van der Waals surface area contributed by atoms with Crippen LogP contribution < -0.4 is 14.8 Å². The van der Waals surface area contributed by atoms with Crippen molar-refractivity contribution in [1.82, 2.24) is 5.32 Å². The van der Waals surface area contributed by atoms with Crippen molar-refractivity contribution in [3.05, 3.63) is 59.2 Å². The highest BCUT2D eigenvalue weighted by molar-refractivity contribution is 5.79. The van der Waals surface area contributed by atoms with Gasteiger partial charge in [-0.25, -0.2) is 0 Å². The number of methoxy groups -OCH3 is 1. The highest BCUT2D eigenvalue weighted by Crippen LogP contribution is 2.42. The van der Waals surface area contributed by atoms with Crippen molar-refractivity contribution in [3.63, 3.8) is 0 Å². The van der Waals surface area contributed by atoms with E-state index in [1.54, 1.807) is 7.11 Å². The van der Waals surface area contributed by atoms with Crippen LogP contribution in [0.25, 0.3) is 0 Å². The standard InChI is InChI=1S/C23H29NO3/c1-5-23(6-2)15-19(18-9-7-8-10-21(18)27-23)24-22(25)14-17-11-12-20(26-4)16(3)13-17/h7-13,19H,5-6,14-15H2,1-4H3,(H,24,25)/t19-/m1/s1. The molecule has 1 aliphatic rings. The Kier molecular flexibility index (Phi) is 5.73. The molecule has 1 aliphatic heterocycles. The van der Waals surface area contributed by atoms with Crippen LogP contribution in [-0.2, 0) is 11.2 Å². The van der Waals surface area contributed by atoms with Gasteiger partial charge in [0.1, 0.15) is 17.1 Å². The molecule has 2 aromatic carbocycles. The Morgan fingerprint density at radius 2 is 1.96 bits per heavy atom. The van der Waals surface area contributed by atoms with Crippen molar-refractivity contribution in [3.8, 4) is 11.5 Å². The summed E-state index contributed by atoms with van der Waals surface area (Å²) in [7, 11) is 1.66. The van der Waals surface area contributed by atoms with E-state index in [-0.39, 0.29) is 17.6 Å². The van der Waals surface area contributed by atoms with Crippen molar-refractivity contribution in [2.75, 3.05) is 7.11 Å². The second kappa shape index (κ2) is 8.03. The van der Waals surface area contributed by atoms with Gasteiger partial charge in [0.2, 0.25) is 5.91 Å². The van der Waals surface area contributed by atoms with E-state index in [4.69, 9.17) is 9.47 Å². The molecule has 0 spiro atoms. The molecule has 0 fully saturated rings. The highest BCUT2D eigenvalue weighted by Gasteiger charge is 2.38.